The highest BCUT2D eigenvalue weighted by molar-refractivity contribution is 8.01. The van der Waals surface area contributed by atoms with Gasteiger partial charge in [0.15, 0.2) is 4.34 Å². The molecule has 0 aliphatic carbocycles. The number of methoxy groups -OCH3 is 1. The number of rotatable bonds is 7. The van der Waals surface area contributed by atoms with Gasteiger partial charge in [-0.15, -0.1) is 10.2 Å². The van der Waals surface area contributed by atoms with Crippen LogP contribution in [0.1, 0.15) is 10.4 Å². The summed E-state index contributed by atoms with van der Waals surface area (Å²) in [4.78, 5) is 23.8. The molecule has 0 unspecified atom stereocenters. The van der Waals surface area contributed by atoms with Crippen LogP contribution in [-0.4, -0.2) is 74.0 Å². The molecule has 1 aliphatic rings. The molecule has 0 bridgehead atoms. The van der Waals surface area contributed by atoms with Gasteiger partial charge in [-0.05, 0) is 18.2 Å². The maximum Gasteiger partial charge on any atom is 0.316 e. The number of hydrogen-bond acceptors (Lipinski definition) is 10. The molecule has 0 saturated carbocycles. The number of morpholine rings is 1. The molecule has 1 fully saturated rings. The van der Waals surface area contributed by atoms with Crippen LogP contribution in [0.2, 0.25) is 5.02 Å². The Kier molecular flexibility index (Phi) is 7.65. The number of amides is 1. The molecule has 2 aromatic rings. The number of carbonyl (C=O) groups excluding carboxylic acids is 2. The highest BCUT2D eigenvalue weighted by Gasteiger charge is 2.27. The van der Waals surface area contributed by atoms with Gasteiger partial charge in [-0.2, -0.15) is 4.31 Å². The number of benzene rings is 1. The monoisotopic (exact) mass is 492 g/mol. The van der Waals surface area contributed by atoms with Crippen LogP contribution >= 0.6 is 34.7 Å². The predicted octanol–water partition coefficient (Wildman–Crippen LogP) is 1.73. The third-order valence-electron chi connectivity index (χ3n) is 3.96. The third-order valence-corrected chi connectivity index (χ3v) is 8.13. The van der Waals surface area contributed by atoms with E-state index in [1.54, 1.807) is 0 Å². The zero-order valence-electron chi connectivity index (χ0n) is 15.7. The highest BCUT2D eigenvalue weighted by atomic mass is 35.5. The molecular formula is C16H17ClN4O6S3. The first-order valence-corrected chi connectivity index (χ1v) is 12.1. The topological polar surface area (TPSA) is 128 Å². The van der Waals surface area contributed by atoms with E-state index in [0.29, 0.717) is 17.6 Å². The van der Waals surface area contributed by atoms with Crippen LogP contribution in [0, 0.1) is 0 Å². The predicted molar refractivity (Wildman–Crippen MR) is 112 cm³/mol. The lowest BCUT2D eigenvalue weighted by atomic mass is 10.2. The van der Waals surface area contributed by atoms with Gasteiger partial charge in [0.2, 0.25) is 15.2 Å². The number of anilines is 1. The van der Waals surface area contributed by atoms with Crippen LogP contribution in [-0.2, 0) is 24.3 Å². The minimum atomic E-state index is -3.78. The molecule has 3 rings (SSSR count). The van der Waals surface area contributed by atoms with E-state index in [1.165, 1.54) is 29.6 Å². The number of carbonyl (C=O) groups is 2. The lowest BCUT2D eigenvalue weighted by Crippen LogP contribution is -2.40. The Balaban J connectivity index is 1.74. The van der Waals surface area contributed by atoms with Gasteiger partial charge in [0.1, 0.15) is 0 Å². The summed E-state index contributed by atoms with van der Waals surface area (Å²) in [6.45, 7) is 1.10. The first-order valence-electron chi connectivity index (χ1n) is 8.53. The van der Waals surface area contributed by atoms with Crippen LogP contribution in [0.3, 0.4) is 0 Å². The molecule has 0 spiro atoms. The fraction of sp³-hybridized carbons (Fsp3) is 0.375. The third kappa shape index (κ3) is 5.47. The molecule has 14 heteroatoms. The van der Waals surface area contributed by atoms with E-state index < -0.39 is 21.9 Å². The Labute approximate surface area is 185 Å². The standard InChI is InChI=1S/C16H17ClN4O6S3/c1-26-13(22)9-28-16-20-19-15(29-16)18-14(23)11-8-10(2-3-12(11)17)30(24,25)21-4-6-27-7-5-21/h2-3,8H,4-7,9H2,1H3,(H,18,19,23). The van der Waals surface area contributed by atoms with E-state index in [0.717, 1.165) is 23.1 Å². The summed E-state index contributed by atoms with van der Waals surface area (Å²) in [6, 6.07) is 3.95. The van der Waals surface area contributed by atoms with E-state index in [1.807, 2.05) is 0 Å². The van der Waals surface area contributed by atoms with Gasteiger partial charge in [0.25, 0.3) is 5.91 Å². The summed E-state index contributed by atoms with van der Waals surface area (Å²) in [6.07, 6.45) is 0. The summed E-state index contributed by atoms with van der Waals surface area (Å²) in [5, 5.41) is 10.5. The van der Waals surface area contributed by atoms with Crippen molar-refractivity contribution in [2.75, 3.05) is 44.5 Å². The van der Waals surface area contributed by atoms with Crippen molar-refractivity contribution in [3.8, 4) is 0 Å². The fourth-order valence-electron chi connectivity index (χ4n) is 2.44. The van der Waals surface area contributed by atoms with Gasteiger partial charge < -0.3 is 9.47 Å². The van der Waals surface area contributed by atoms with Crippen LogP contribution in [0.25, 0.3) is 0 Å². The van der Waals surface area contributed by atoms with Gasteiger partial charge in [0, 0.05) is 13.1 Å². The van der Waals surface area contributed by atoms with Crippen LogP contribution < -0.4 is 5.32 Å². The van der Waals surface area contributed by atoms with Crippen molar-refractivity contribution in [2.45, 2.75) is 9.24 Å². The number of thioether (sulfide) groups is 1. The highest BCUT2D eigenvalue weighted by Crippen LogP contribution is 2.28. The second kappa shape index (κ2) is 10.0. The van der Waals surface area contributed by atoms with E-state index in [4.69, 9.17) is 16.3 Å². The Morgan fingerprint density at radius 1 is 1.33 bits per heavy atom. The average Bonchev–Trinajstić information content (AvgIpc) is 3.19. The summed E-state index contributed by atoms with van der Waals surface area (Å²) in [5.41, 5.74) is -0.00929. The molecule has 1 aromatic heterocycles. The summed E-state index contributed by atoms with van der Waals surface area (Å²) in [7, 11) is -2.50. The second-order valence-electron chi connectivity index (χ2n) is 5.85. The number of halogens is 1. The van der Waals surface area contributed by atoms with Crippen molar-refractivity contribution >= 4 is 61.7 Å². The molecule has 1 aliphatic heterocycles. The van der Waals surface area contributed by atoms with Gasteiger partial charge in [0.05, 0.1) is 41.6 Å². The Morgan fingerprint density at radius 3 is 2.77 bits per heavy atom. The summed E-state index contributed by atoms with van der Waals surface area (Å²) < 4.78 is 37.1. The zero-order chi connectivity index (χ0) is 21.7. The number of ether oxygens (including phenoxy) is 2. The zero-order valence-corrected chi connectivity index (χ0v) is 18.9. The SMILES string of the molecule is COC(=O)CSc1nnc(NC(=O)c2cc(S(=O)(=O)N3CCOCC3)ccc2Cl)s1. The molecule has 1 N–H and O–H groups in total. The molecule has 1 aromatic carbocycles. The van der Waals surface area contributed by atoms with Crippen LogP contribution in [0.5, 0.6) is 0 Å². The molecule has 1 amide bonds. The number of esters is 1. The summed E-state index contributed by atoms with van der Waals surface area (Å²) >= 11 is 8.31. The van der Waals surface area contributed by atoms with Crippen LogP contribution in [0.4, 0.5) is 5.13 Å². The van der Waals surface area contributed by atoms with Crippen LogP contribution in [0.15, 0.2) is 27.4 Å². The minimum absolute atomic E-state index is 0.00929. The smallest absolute Gasteiger partial charge is 0.316 e. The van der Waals surface area contributed by atoms with E-state index >= 15 is 0 Å². The molecule has 10 nitrogen and oxygen atoms in total. The number of sulfonamides is 1. The molecule has 162 valence electrons. The van der Waals surface area contributed by atoms with Crippen molar-refractivity contribution in [3.05, 3.63) is 28.8 Å². The summed E-state index contributed by atoms with van der Waals surface area (Å²) in [5.74, 6) is -0.975. The lowest BCUT2D eigenvalue weighted by molar-refractivity contribution is -0.137. The Bertz CT molecular complexity index is 1040. The van der Waals surface area contributed by atoms with Crippen molar-refractivity contribution in [1.82, 2.24) is 14.5 Å². The van der Waals surface area contributed by atoms with Gasteiger partial charge >= 0.3 is 5.97 Å². The molecule has 1 saturated heterocycles. The largest absolute Gasteiger partial charge is 0.468 e. The van der Waals surface area contributed by atoms with Crippen molar-refractivity contribution in [1.29, 1.82) is 0 Å². The number of nitrogens with zero attached hydrogens (tertiary/aromatic N) is 3. The molecule has 0 atom stereocenters. The first-order chi connectivity index (χ1) is 14.3. The average molecular weight is 493 g/mol. The normalized spacial score (nSPS) is 15.0. The lowest BCUT2D eigenvalue weighted by Gasteiger charge is -2.26. The van der Waals surface area contributed by atoms with Crippen molar-refractivity contribution < 1.29 is 27.5 Å². The quantitative estimate of drug-likeness (QED) is 0.349. The van der Waals surface area contributed by atoms with E-state index in [2.05, 4.69) is 20.3 Å². The number of nitrogens with one attached hydrogen (secondary N) is 1. The maximum absolute atomic E-state index is 12.8. The van der Waals surface area contributed by atoms with Gasteiger partial charge in [-0.1, -0.05) is 34.7 Å². The Hall–Kier alpha value is -1.77. The van der Waals surface area contributed by atoms with E-state index in [9.17, 15) is 18.0 Å². The molecule has 0 radical (unpaired) electrons. The minimum Gasteiger partial charge on any atom is -0.468 e. The number of aromatic nitrogens is 2. The Morgan fingerprint density at radius 2 is 2.07 bits per heavy atom. The first kappa shape index (κ1) is 22.9. The molecule has 2 heterocycles. The van der Waals surface area contributed by atoms with E-state index in [-0.39, 0.29) is 39.5 Å². The van der Waals surface area contributed by atoms with Gasteiger partial charge in [-0.3, -0.25) is 14.9 Å². The second-order valence-corrected chi connectivity index (χ2v) is 10.4. The fourth-order valence-corrected chi connectivity index (χ4v) is 5.66. The van der Waals surface area contributed by atoms with Crippen molar-refractivity contribution in [3.63, 3.8) is 0 Å². The van der Waals surface area contributed by atoms with Crippen molar-refractivity contribution in [2.24, 2.45) is 0 Å². The molecular weight excluding hydrogens is 476 g/mol. The molecule has 30 heavy (non-hydrogen) atoms. The number of hydrogen-bond donors (Lipinski definition) is 1. The van der Waals surface area contributed by atoms with Gasteiger partial charge in [-0.25, -0.2) is 8.42 Å². The maximum atomic E-state index is 12.8.